The van der Waals surface area contributed by atoms with Crippen molar-refractivity contribution in [3.05, 3.63) is 60.7 Å². The summed E-state index contributed by atoms with van der Waals surface area (Å²) in [5.74, 6) is 0.887. The standard InChI is InChI=1S/C23H32NO7P/c1-17-21(26-2)23(28-4)22(27-3)20(29-17)15-16-24-32(25,30-18-11-7-5-8-12-18)31-19-13-9-6-10-14-19/h5-14,17,20-23H,15-16H2,1-4H3,(H,24,25)/t17-,20-,21+,22+,23+/m0/s1. The van der Waals surface area contributed by atoms with Crippen LogP contribution in [0.3, 0.4) is 0 Å². The molecule has 0 unspecified atom stereocenters. The van der Waals surface area contributed by atoms with E-state index in [1.54, 1.807) is 69.9 Å². The molecule has 0 saturated carbocycles. The molecule has 0 aromatic heterocycles. The summed E-state index contributed by atoms with van der Waals surface area (Å²) in [7, 11) is 1.16. The van der Waals surface area contributed by atoms with E-state index in [4.69, 9.17) is 28.0 Å². The van der Waals surface area contributed by atoms with Gasteiger partial charge in [-0.3, -0.25) is 0 Å². The Kier molecular flexibility index (Phi) is 9.11. The fourth-order valence-electron chi connectivity index (χ4n) is 3.88. The predicted molar refractivity (Wildman–Crippen MR) is 121 cm³/mol. The van der Waals surface area contributed by atoms with Crippen molar-refractivity contribution in [2.75, 3.05) is 27.9 Å². The van der Waals surface area contributed by atoms with E-state index in [1.165, 1.54) is 0 Å². The maximum atomic E-state index is 13.6. The van der Waals surface area contributed by atoms with Gasteiger partial charge in [0, 0.05) is 27.9 Å². The Bertz CT molecular complexity index is 808. The molecule has 1 saturated heterocycles. The van der Waals surface area contributed by atoms with Gasteiger partial charge in [-0.2, -0.15) is 0 Å². The van der Waals surface area contributed by atoms with E-state index in [9.17, 15) is 4.57 Å². The third-order valence-corrected chi connectivity index (χ3v) is 6.87. The lowest BCUT2D eigenvalue weighted by Gasteiger charge is -2.44. The summed E-state index contributed by atoms with van der Waals surface area (Å²) in [5, 5.41) is 2.96. The lowest BCUT2D eigenvalue weighted by molar-refractivity contribution is -0.238. The molecule has 0 radical (unpaired) electrons. The lowest BCUT2D eigenvalue weighted by Crippen LogP contribution is -2.59. The van der Waals surface area contributed by atoms with Crippen molar-refractivity contribution in [3.63, 3.8) is 0 Å². The van der Waals surface area contributed by atoms with Crippen molar-refractivity contribution in [2.24, 2.45) is 0 Å². The molecule has 0 bridgehead atoms. The van der Waals surface area contributed by atoms with Gasteiger partial charge in [-0.1, -0.05) is 36.4 Å². The highest BCUT2D eigenvalue weighted by molar-refractivity contribution is 7.52. The molecule has 5 atom stereocenters. The molecule has 3 rings (SSSR count). The summed E-state index contributed by atoms with van der Waals surface area (Å²) in [5.41, 5.74) is 0. The SMILES string of the molecule is CO[C@@H]1[C@H](OC)[C@H](C)O[C@@H](CCNP(=O)(Oc2ccccc2)Oc2ccccc2)[C@H]1OC. The summed E-state index contributed by atoms with van der Waals surface area (Å²) in [6.45, 7) is 2.25. The van der Waals surface area contributed by atoms with Crippen LogP contribution in [0.4, 0.5) is 0 Å². The van der Waals surface area contributed by atoms with E-state index in [1.807, 2.05) is 19.1 Å². The average Bonchev–Trinajstić information content (AvgIpc) is 2.79. The molecule has 1 fully saturated rings. The fourth-order valence-corrected chi connectivity index (χ4v) is 5.24. The van der Waals surface area contributed by atoms with Gasteiger partial charge in [-0.15, -0.1) is 0 Å². The van der Waals surface area contributed by atoms with E-state index < -0.39 is 7.75 Å². The second kappa shape index (κ2) is 11.8. The molecule has 0 aliphatic carbocycles. The Balaban J connectivity index is 1.69. The zero-order chi connectivity index (χ0) is 23.0. The molecule has 1 N–H and O–H groups in total. The minimum atomic E-state index is -3.72. The third-order valence-electron chi connectivity index (χ3n) is 5.35. The summed E-state index contributed by atoms with van der Waals surface area (Å²) < 4.78 is 48.1. The van der Waals surface area contributed by atoms with Crippen molar-refractivity contribution in [3.8, 4) is 11.5 Å². The van der Waals surface area contributed by atoms with E-state index in [2.05, 4.69) is 5.09 Å². The van der Waals surface area contributed by atoms with E-state index in [-0.39, 0.29) is 30.5 Å². The first kappa shape index (κ1) is 24.7. The molecular formula is C23H32NO7P. The Hall–Kier alpha value is -1.93. The van der Waals surface area contributed by atoms with Gasteiger partial charge in [-0.05, 0) is 37.6 Å². The van der Waals surface area contributed by atoms with Gasteiger partial charge in [0.2, 0.25) is 0 Å². The summed E-state index contributed by atoms with van der Waals surface area (Å²) >= 11 is 0. The van der Waals surface area contributed by atoms with Crippen LogP contribution in [0.1, 0.15) is 13.3 Å². The first-order valence-corrected chi connectivity index (χ1v) is 12.1. The van der Waals surface area contributed by atoms with Crippen molar-refractivity contribution in [1.82, 2.24) is 5.09 Å². The molecule has 0 spiro atoms. The molecule has 1 aliphatic rings. The van der Waals surface area contributed by atoms with Crippen LogP contribution in [-0.4, -0.2) is 58.4 Å². The van der Waals surface area contributed by atoms with Gasteiger partial charge < -0.3 is 28.0 Å². The van der Waals surface area contributed by atoms with Crippen LogP contribution < -0.4 is 14.1 Å². The molecule has 2 aromatic carbocycles. The molecular weight excluding hydrogens is 433 g/mol. The Morgan fingerprint density at radius 1 is 0.812 bits per heavy atom. The number of ether oxygens (including phenoxy) is 4. The predicted octanol–water partition coefficient (Wildman–Crippen LogP) is 4.06. The Morgan fingerprint density at radius 3 is 1.78 bits per heavy atom. The smallest absolute Gasteiger partial charge is 0.405 e. The highest BCUT2D eigenvalue weighted by atomic mass is 31.2. The van der Waals surface area contributed by atoms with Crippen LogP contribution in [0, 0.1) is 0 Å². The maximum Gasteiger partial charge on any atom is 0.512 e. The minimum absolute atomic E-state index is 0.186. The summed E-state index contributed by atoms with van der Waals surface area (Å²) in [6.07, 6.45) is -0.850. The largest absolute Gasteiger partial charge is 0.512 e. The number of nitrogens with one attached hydrogen (secondary N) is 1. The van der Waals surface area contributed by atoms with Gasteiger partial charge in [0.15, 0.2) is 0 Å². The van der Waals surface area contributed by atoms with Crippen molar-refractivity contribution in [1.29, 1.82) is 0 Å². The van der Waals surface area contributed by atoms with Crippen LogP contribution in [0.15, 0.2) is 60.7 Å². The number of para-hydroxylation sites is 2. The monoisotopic (exact) mass is 465 g/mol. The Labute approximate surface area is 189 Å². The van der Waals surface area contributed by atoms with Crippen LogP contribution in [0.25, 0.3) is 0 Å². The maximum absolute atomic E-state index is 13.6. The fraction of sp³-hybridized carbons (Fsp3) is 0.478. The first-order valence-electron chi connectivity index (χ1n) is 10.6. The van der Waals surface area contributed by atoms with Crippen molar-refractivity contribution in [2.45, 2.75) is 43.9 Å². The zero-order valence-electron chi connectivity index (χ0n) is 18.9. The minimum Gasteiger partial charge on any atom is -0.405 e. The first-order chi connectivity index (χ1) is 15.5. The average molecular weight is 465 g/mol. The number of hydrogen-bond acceptors (Lipinski definition) is 7. The molecule has 1 aliphatic heterocycles. The number of hydrogen-bond donors (Lipinski definition) is 1. The second-order valence-corrected chi connectivity index (χ2v) is 9.16. The summed E-state index contributed by atoms with van der Waals surface area (Å²) in [6, 6.07) is 17.8. The van der Waals surface area contributed by atoms with Gasteiger partial charge in [0.25, 0.3) is 0 Å². The quantitative estimate of drug-likeness (QED) is 0.498. The lowest BCUT2D eigenvalue weighted by atomic mass is 9.93. The third kappa shape index (κ3) is 6.32. The number of rotatable bonds is 11. The molecule has 32 heavy (non-hydrogen) atoms. The van der Waals surface area contributed by atoms with Crippen LogP contribution in [0.2, 0.25) is 0 Å². The second-order valence-electron chi connectivity index (χ2n) is 7.48. The van der Waals surface area contributed by atoms with E-state index >= 15 is 0 Å². The highest BCUT2D eigenvalue weighted by Gasteiger charge is 2.45. The molecule has 9 heteroatoms. The van der Waals surface area contributed by atoms with Gasteiger partial charge >= 0.3 is 7.75 Å². The van der Waals surface area contributed by atoms with Gasteiger partial charge in [0.05, 0.1) is 12.2 Å². The topological polar surface area (TPSA) is 84.5 Å². The van der Waals surface area contributed by atoms with Crippen LogP contribution in [-0.2, 0) is 23.5 Å². The highest BCUT2D eigenvalue weighted by Crippen LogP contribution is 2.44. The number of methoxy groups -OCH3 is 3. The molecule has 0 amide bonds. The molecule has 2 aromatic rings. The zero-order valence-corrected chi connectivity index (χ0v) is 19.8. The molecule has 176 valence electrons. The normalized spacial score (nSPS) is 25.9. The van der Waals surface area contributed by atoms with Gasteiger partial charge in [-0.25, -0.2) is 9.65 Å². The van der Waals surface area contributed by atoms with Crippen molar-refractivity contribution >= 4 is 7.75 Å². The molecule has 8 nitrogen and oxygen atoms in total. The summed E-state index contributed by atoms with van der Waals surface area (Å²) in [4.78, 5) is 0. The van der Waals surface area contributed by atoms with Crippen LogP contribution in [0.5, 0.6) is 11.5 Å². The van der Waals surface area contributed by atoms with Gasteiger partial charge in [0.1, 0.15) is 29.8 Å². The van der Waals surface area contributed by atoms with Crippen molar-refractivity contribution < 1.29 is 32.6 Å². The van der Waals surface area contributed by atoms with E-state index in [0.717, 1.165) is 0 Å². The number of benzene rings is 2. The Morgan fingerprint density at radius 2 is 1.31 bits per heavy atom. The molecule has 1 heterocycles. The van der Waals surface area contributed by atoms with Crippen LogP contribution >= 0.6 is 7.75 Å². The van der Waals surface area contributed by atoms with E-state index in [0.29, 0.717) is 24.5 Å².